The van der Waals surface area contributed by atoms with Crippen LogP contribution in [0.3, 0.4) is 0 Å². The Hall–Kier alpha value is -1.07. The topological polar surface area (TPSA) is 34.1 Å². The number of anilines is 1. The van der Waals surface area contributed by atoms with Gasteiger partial charge in [-0.3, -0.25) is 0 Å². The van der Waals surface area contributed by atoms with Gasteiger partial charge >= 0.3 is 0 Å². The molecule has 19 heavy (non-hydrogen) atoms. The Balaban J connectivity index is 2.02. The summed E-state index contributed by atoms with van der Waals surface area (Å²) in [6.45, 7) is 3.40. The van der Waals surface area contributed by atoms with Crippen LogP contribution in [0.1, 0.15) is 12.5 Å². The normalized spacial score (nSPS) is 10.3. The molecular formula is C14H14Br2N2O. The summed E-state index contributed by atoms with van der Waals surface area (Å²) in [5.41, 5.74) is 1.03. The fourth-order valence-corrected chi connectivity index (χ4v) is 2.80. The molecule has 1 heterocycles. The molecule has 3 nitrogen and oxygen atoms in total. The van der Waals surface area contributed by atoms with E-state index in [0.29, 0.717) is 6.61 Å². The highest BCUT2D eigenvalue weighted by molar-refractivity contribution is 9.11. The fourth-order valence-electron chi connectivity index (χ4n) is 1.57. The minimum atomic E-state index is 0.487. The molecule has 0 aliphatic heterocycles. The number of hydrogen-bond donors (Lipinski definition) is 1. The van der Waals surface area contributed by atoms with Gasteiger partial charge in [0.05, 0.1) is 8.95 Å². The molecule has 0 aliphatic carbocycles. The number of aromatic nitrogens is 1. The van der Waals surface area contributed by atoms with Crippen LogP contribution in [0.25, 0.3) is 0 Å². The van der Waals surface area contributed by atoms with E-state index in [0.717, 1.165) is 32.6 Å². The molecule has 0 spiro atoms. The summed E-state index contributed by atoms with van der Waals surface area (Å²) in [6.07, 6.45) is 1.82. The molecule has 0 unspecified atom stereocenters. The number of pyridine rings is 1. The Bertz CT molecular complexity index is 523. The number of benzene rings is 1. The fraction of sp³-hybridized carbons (Fsp3) is 0.214. The highest BCUT2D eigenvalue weighted by atomic mass is 79.9. The van der Waals surface area contributed by atoms with E-state index in [2.05, 4.69) is 42.2 Å². The zero-order chi connectivity index (χ0) is 13.7. The van der Waals surface area contributed by atoms with Crippen LogP contribution in [0.2, 0.25) is 0 Å². The van der Waals surface area contributed by atoms with Crippen molar-refractivity contribution in [3.8, 4) is 5.75 Å². The summed E-state index contributed by atoms with van der Waals surface area (Å²) in [6, 6.07) is 9.82. The first-order chi connectivity index (χ1) is 9.20. The van der Waals surface area contributed by atoms with Gasteiger partial charge in [-0.1, -0.05) is 12.1 Å². The molecule has 2 rings (SSSR count). The lowest BCUT2D eigenvalue weighted by atomic mass is 10.3. The molecule has 0 bridgehead atoms. The van der Waals surface area contributed by atoms with E-state index >= 15 is 0 Å². The molecule has 0 atom stereocenters. The summed E-state index contributed by atoms with van der Waals surface area (Å²) in [4.78, 5) is 4.31. The minimum Gasteiger partial charge on any atom is -0.486 e. The first-order valence-electron chi connectivity index (χ1n) is 5.96. The van der Waals surface area contributed by atoms with Gasteiger partial charge in [-0.25, -0.2) is 4.98 Å². The molecule has 0 saturated carbocycles. The van der Waals surface area contributed by atoms with Gasteiger partial charge in [-0.05, 0) is 57.0 Å². The Morgan fingerprint density at radius 3 is 2.47 bits per heavy atom. The molecular weight excluding hydrogens is 372 g/mol. The third-order valence-electron chi connectivity index (χ3n) is 2.48. The molecule has 1 aromatic carbocycles. The van der Waals surface area contributed by atoms with E-state index in [-0.39, 0.29) is 0 Å². The van der Waals surface area contributed by atoms with Crippen LogP contribution in [0.4, 0.5) is 5.82 Å². The Morgan fingerprint density at radius 2 is 1.89 bits per heavy atom. The minimum absolute atomic E-state index is 0.487. The first-order valence-corrected chi connectivity index (χ1v) is 7.55. The largest absolute Gasteiger partial charge is 0.486 e. The lowest BCUT2D eigenvalue weighted by molar-refractivity contribution is 0.302. The molecule has 5 heteroatoms. The van der Waals surface area contributed by atoms with Gasteiger partial charge in [0.1, 0.15) is 18.2 Å². The highest BCUT2D eigenvalue weighted by Crippen LogP contribution is 2.33. The third kappa shape index (κ3) is 3.94. The molecule has 100 valence electrons. The maximum atomic E-state index is 5.80. The van der Waals surface area contributed by atoms with Gasteiger partial charge in [-0.2, -0.15) is 0 Å². The van der Waals surface area contributed by atoms with Crippen molar-refractivity contribution in [2.45, 2.75) is 13.5 Å². The van der Waals surface area contributed by atoms with Gasteiger partial charge < -0.3 is 10.1 Å². The number of ether oxygens (including phenoxy) is 1. The maximum absolute atomic E-state index is 5.80. The molecule has 0 fully saturated rings. The van der Waals surface area contributed by atoms with E-state index in [1.165, 1.54) is 0 Å². The second-order valence-electron chi connectivity index (χ2n) is 3.92. The van der Waals surface area contributed by atoms with Crippen LogP contribution in [-0.2, 0) is 6.61 Å². The Kier molecular flexibility index (Phi) is 5.22. The van der Waals surface area contributed by atoms with E-state index in [9.17, 15) is 0 Å². The molecule has 0 aliphatic rings. The smallest absolute Gasteiger partial charge is 0.148 e. The molecule has 2 aromatic rings. The van der Waals surface area contributed by atoms with Gasteiger partial charge in [0, 0.05) is 18.3 Å². The summed E-state index contributed by atoms with van der Waals surface area (Å²) in [5, 5.41) is 3.16. The first kappa shape index (κ1) is 14.3. The Morgan fingerprint density at radius 1 is 1.16 bits per heavy atom. The lowest BCUT2D eigenvalue weighted by Gasteiger charge is -2.10. The molecule has 0 saturated heterocycles. The average Bonchev–Trinajstić information content (AvgIpc) is 2.40. The standard InChI is InChI=1S/C14H14Br2N2O/c1-2-17-13-7-6-10(8-18-13)9-19-14-11(15)4-3-5-12(14)16/h3-8H,2,9H2,1H3,(H,17,18). The summed E-state index contributed by atoms with van der Waals surface area (Å²) in [5.74, 6) is 1.69. The van der Waals surface area contributed by atoms with Gasteiger partial charge in [0.2, 0.25) is 0 Å². The van der Waals surface area contributed by atoms with E-state index < -0.39 is 0 Å². The number of halogens is 2. The quantitative estimate of drug-likeness (QED) is 0.815. The summed E-state index contributed by atoms with van der Waals surface area (Å²) >= 11 is 6.94. The number of para-hydroxylation sites is 1. The molecule has 1 N–H and O–H groups in total. The van der Waals surface area contributed by atoms with Crippen molar-refractivity contribution in [3.05, 3.63) is 51.0 Å². The van der Waals surface area contributed by atoms with Crippen LogP contribution in [0.15, 0.2) is 45.5 Å². The molecule has 0 radical (unpaired) electrons. The summed E-state index contributed by atoms with van der Waals surface area (Å²) in [7, 11) is 0. The number of nitrogens with zero attached hydrogens (tertiary/aromatic N) is 1. The van der Waals surface area contributed by atoms with Crippen molar-refractivity contribution < 1.29 is 4.74 Å². The second-order valence-corrected chi connectivity index (χ2v) is 5.63. The molecule has 0 amide bonds. The number of nitrogens with one attached hydrogen (secondary N) is 1. The van der Waals surface area contributed by atoms with Gasteiger partial charge in [0.25, 0.3) is 0 Å². The van der Waals surface area contributed by atoms with Crippen molar-refractivity contribution in [2.24, 2.45) is 0 Å². The molecule has 1 aromatic heterocycles. The van der Waals surface area contributed by atoms with Crippen molar-refractivity contribution >= 4 is 37.7 Å². The van der Waals surface area contributed by atoms with Crippen LogP contribution in [0, 0.1) is 0 Å². The average molecular weight is 386 g/mol. The predicted octanol–water partition coefficient (Wildman–Crippen LogP) is 4.62. The SMILES string of the molecule is CCNc1ccc(COc2c(Br)cccc2Br)cn1. The van der Waals surface area contributed by atoms with Crippen LogP contribution >= 0.6 is 31.9 Å². The van der Waals surface area contributed by atoms with Gasteiger partial charge in [0.15, 0.2) is 0 Å². The van der Waals surface area contributed by atoms with Crippen molar-refractivity contribution in [1.29, 1.82) is 0 Å². The van der Waals surface area contributed by atoms with Crippen molar-refractivity contribution in [2.75, 3.05) is 11.9 Å². The van der Waals surface area contributed by atoms with E-state index in [1.54, 1.807) is 0 Å². The number of rotatable bonds is 5. The lowest BCUT2D eigenvalue weighted by Crippen LogP contribution is -2.01. The van der Waals surface area contributed by atoms with Crippen LogP contribution < -0.4 is 10.1 Å². The van der Waals surface area contributed by atoms with Gasteiger partial charge in [-0.15, -0.1) is 0 Å². The van der Waals surface area contributed by atoms with Crippen molar-refractivity contribution in [3.63, 3.8) is 0 Å². The second kappa shape index (κ2) is 6.91. The van der Waals surface area contributed by atoms with E-state index in [4.69, 9.17) is 4.74 Å². The predicted molar refractivity (Wildman–Crippen MR) is 84.6 cm³/mol. The zero-order valence-electron chi connectivity index (χ0n) is 10.5. The zero-order valence-corrected chi connectivity index (χ0v) is 13.7. The maximum Gasteiger partial charge on any atom is 0.148 e. The third-order valence-corrected chi connectivity index (χ3v) is 3.73. The van der Waals surface area contributed by atoms with Crippen LogP contribution in [-0.4, -0.2) is 11.5 Å². The summed E-state index contributed by atoms with van der Waals surface area (Å²) < 4.78 is 7.66. The van der Waals surface area contributed by atoms with Crippen LogP contribution in [0.5, 0.6) is 5.75 Å². The number of hydrogen-bond acceptors (Lipinski definition) is 3. The van der Waals surface area contributed by atoms with Crippen molar-refractivity contribution in [1.82, 2.24) is 4.98 Å². The monoisotopic (exact) mass is 384 g/mol. The van der Waals surface area contributed by atoms with E-state index in [1.807, 2.05) is 43.5 Å². The Labute approximate surface area is 129 Å². The highest BCUT2D eigenvalue weighted by Gasteiger charge is 2.06.